The topological polar surface area (TPSA) is 134 Å². The molecule has 1 aliphatic rings. The van der Waals surface area contributed by atoms with E-state index in [1.807, 2.05) is 31.4 Å². The van der Waals surface area contributed by atoms with Gasteiger partial charge in [0.25, 0.3) is 0 Å². The molecule has 0 bridgehead atoms. The maximum absolute atomic E-state index is 13.6. The molecule has 0 aliphatic heterocycles. The summed E-state index contributed by atoms with van der Waals surface area (Å²) in [4.78, 5) is 12.8. The smallest absolute Gasteiger partial charge is 0.240 e. The van der Waals surface area contributed by atoms with E-state index in [1.165, 1.54) is 0 Å². The SMILES string of the molecule is COCC1(n2c(NS(=O)(=O)[C@@H](C)[C@@H](OC(C)C)c3ncc(C)cn3)nnc2-c2cccnc2)CC1. The van der Waals surface area contributed by atoms with E-state index in [-0.39, 0.29) is 12.1 Å². The summed E-state index contributed by atoms with van der Waals surface area (Å²) < 4.78 is 43.1. The molecule has 3 aromatic heterocycles. The Kier molecular flexibility index (Phi) is 7.15. The Bertz CT molecular complexity index is 1240. The third kappa shape index (κ3) is 5.34. The van der Waals surface area contributed by atoms with Crippen LogP contribution in [0.25, 0.3) is 11.4 Å². The highest BCUT2D eigenvalue weighted by Gasteiger charge is 2.49. The van der Waals surface area contributed by atoms with Gasteiger partial charge in [0.2, 0.25) is 16.0 Å². The van der Waals surface area contributed by atoms with Crippen LogP contribution >= 0.6 is 0 Å². The molecule has 0 unspecified atom stereocenters. The molecule has 3 heterocycles. The number of ether oxygens (including phenoxy) is 2. The van der Waals surface area contributed by atoms with E-state index in [0.29, 0.717) is 18.3 Å². The molecule has 1 saturated carbocycles. The van der Waals surface area contributed by atoms with Crippen molar-refractivity contribution in [3.05, 3.63) is 48.3 Å². The highest BCUT2D eigenvalue weighted by Crippen LogP contribution is 2.47. The van der Waals surface area contributed by atoms with Crippen molar-refractivity contribution in [2.75, 3.05) is 18.4 Å². The average Bonchev–Trinajstić information content (AvgIpc) is 3.48. The average molecular weight is 502 g/mol. The second kappa shape index (κ2) is 9.96. The van der Waals surface area contributed by atoms with Crippen molar-refractivity contribution in [2.24, 2.45) is 0 Å². The Labute approximate surface area is 205 Å². The monoisotopic (exact) mass is 501 g/mol. The molecule has 1 fully saturated rings. The minimum Gasteiger partial charge on any atom is -0.382 e. The number of hydrogen-bond donors (Lipinski definition) is 1. The Balaban J connectivity index is 1.70. The number of sulfonamides is 1. The zero-order valence-corrected chi connectivity index (χ0v) is 21.4. The second-order valence-corrected chi connectivity index (χ2v) is 11.2. The molecule has 188 valence electrons. The first-order valence-electron chi connectivity index (χ1n) is 11.5. The third-order valence-corrected chi connectivity index (χ3v) is 7.61. The molecule has 11 nitrogen and oxygen atoms in total. The molecular weight excluding hydrogens is 470 g/mol. The van der Waals surface area contributed by atoms with Gasteiger partial charge in [-0.3, -0.25) is 14.3 Å². The Morgan fingerprint density at radius 3 is 2.43 bits per heavy atom. The predicted molar refractivity (Wildman–Crippen MR) is 130 cm³/mol. The second-order valence-electron chi connectivity index (χ2n) is 9.16. The predicted octanol–water partition coefficient (Wildman–Crippen LogP) is 2.87. The summed E-state index contributed by atoms with van der Waals surface area (Å²) in [6.07, 6.45) is 7.13. The van der Waals surface area contributed by atoms with Crippen molar-refractivity contribution >= 4 is 16.0 Å². The van der Waals surface area contributed by atoms with Crippen LogP contribution in [-0.4, -0.2) is 63.2 Å². The van der Waals surface area contributed by atoms with E-state index in [2.05, 4.69) is 29.9 Å². The van der Waals surface area contributed by atoms with E-state index in [9.17, 15) is 8.42 Å². The van der Waals surface area contributed by atoms with Crippen LogP contribution in [0.1, 0.15) is 51.1 Å². The van der Waals surface area contributed by atoms with Crippen molar-refractivity contribution < 1.29 is 17.9 Å². The number of methoxy groups -OCH3 is 1. The quantitative estimate of drug-likeness (QED) is 0.421. The molecule has 4 rings (SSSR count). The normalized spacial score (nSPS) is 16.7. The van der Waals surface area contributed by atoms with E-state index in [1.54, 1.807) is 44.9 Å². The first-order chi connectivity index (χ1) is 16.7. The van der Waals surface area contributed by atoms with Crippen molar-refractivity contribution in [3.8, 4) is 11.4 Å². The number of nitrogens with zero attached hydrogens (tertiary/aromatic N) is 6. The van der Waals surface area contributed by atoms with E-state index in [4.69, 9.17) is 9.47 Å². The maximum Gasteiger partial charge on any atom is 0.240 e. The van der Waals surface area contributed by atoms with Gasteiger partial charge in [-0.1, -0.05) is 0 Å². The first kappa shape index (κ1) is 25.1. The lowest BCUT2D eigenvalue weighted by Gasteiger charge is -2.26. The summed E-state index contributed by atoms with van der Waals surface area (Å²) in [5.74, 6) is 0.950. The summed E-state index contributed by atoms with van der Waals surface area (Å²) in [6.45, 7) is 7.52. The van der Waals surface area contributed by atoms with Gasteiger partial charge >= 0.3 is 0 Å². The highest BCUT2D eigenvalue weighted by molar-refractivity contribution is 7.93. The molecule has 1 N–H and O–H groups in total. The number of aromatic nitrogens is 6. The highest BCUT2D eigenvalue weighted by atomic mass is 32.2. The van der Waals surface area contributed by atoms with Gasteiger partial charge in [0.05, 0.1) is 18.2 Å². The van der Waals surface area contributed by atoms with E-state index < -0.39 is 26.9 Å². The minimum atomic E-state index is -3.99. The van der Waals surface area contributed by atoms with Crippen molar-refractivity contribution in [2.45, 2.75) is 63.5 Å². The summed E-state index contributed by atoms with van der Waals surface area (Å²) in [6, 6.07) is 3.66. The van der Waals surface area contributed by atoms with E-state index in [0.717, 1.165) is 24.0 Å². The van der Waals surface area contributed by atoms with Gasteiger partial charge < -0.3 is 9.47 Å². The van der Waals surface area contributed by atoms with Crippen molar-refractivity contribution in [1.82, 2.24) is 29.7 Å². The van der Waals surface area contributed by atoms with Crippen molar-refractivity contribution in [3.63, 3.8) is 0 Å². The van der Waals surface area contributed by atoms with Gasteiger partial charge in [-0.15, -0.1) is 10.2 Å². The Morgan fingerprint density at radius 1 is 1.14 bits per heavy atom. The molecule has 0 amide bonds. The number of aryl methyl sites for hydroxylation is 1. The van der Waals surface area contributed by atoms with Crippen LogP contribution in [0.15, 0.2) is 36.9 Å². The van der Waals surface area contributed by atoms with Crippen LogP contribution in [0, 0.1) is 6.92 Å². The molecule has 12 heteroatoms. The van der Waals surface area contributed by atoms with Crippen LogP contribution in [0.5, 0.6) is 0 Å². The van der Waals surface area contributed by atoms with Gasteiger partial charge in [0.1, 0.15) is 11.4 Å². The van der Waals surface area contributed by atoms with Gasteiger partial charge in [0.15, 0.2) is 11.6 Å². The molecule has 0 saturated heterocycles. The number of pyridine rings is 1. The fraction of sp³-hybridized carbons (Fsp3) is 0.522. The zero-order chi connectivity index (χ0) is 25.2. The van der Waals surface area contributed by atoms with Crippen LogP contribution in [0.2, 0.25) is 0 Å². The number of nitrogens with one attached hydrogen (secondary N) is 1. The molecule has 35 heavy (non-hydrogen) atoms. The number of anilines is 1. The van der Waals surface area contributed by atoms with Crippen LogP contribution < -0.4 is 4.72 Å². The lowest BCUT2D eigenvalue weighted by molar-refractivity contribution is 0.00152. The molecule has 0 spiro atoms. The molecule has 2 atom stereocenters. The van der Waals surface area contributed by atoms with Gasteiger partial charge in [-0.05, 0) is 58.2 Å². The molecular formula is C23H31N7O4S. The van der Waals surface area contributed by atoms with Gasteiger partial charge in [-0.2, -0.15) is 0 Å². The van der Waals surface area contributed by atoms with Crippen LogP contribution in [0.4, 0.5) is 5.95 Å². The van der Waals surface area contributed by atoms with Gasteiger partial charge in [-0.25, -0.2) is 18.4 Å². The largest absolute Gasteiger partial charge is 0.382 e. The van der Waals surface area contributed by atoms with Crippen molar-refractivity contribution in [1.29, 1.82) is 0 Å². The number of hydrogen-bond acceptors (Lipinski definition) is 9. The van der Waals surface area contributed by atoms with E-state index >= 15 is 0 Å². The lowest BCUT2D eigenvalue weighted by atomic mass is 10.2. The van der Waals surface area contributed by atoms with Crippen LogP contribution in [0.3, 0.4) is 0 Å². The summed E-state index contributed by atoms with van der Waals surface area (Å²) in [5.41, 5.74) is 1.17. The molecule has 0 radical (unpaired) electrons. The fourth-order valence-corrected chi connectivity index (χ4v) is 5.02. The minimum absolute atomic E-state index is 0.123. The molecule has 0 aromatic carbocycles. The zero-order valence-electron chi connectivity index (χ0n) is 20.5. The van der Waals surface area contributed by atoms with Gasteiger partial charge in [0, 0.05) is 37.5 Å². The summed E-state index contributed by atoms with van der Waals surface area (Å²) >= 11 is 0. The Morgan fingerprint density at radius 2 is 1.86 bits per heavy atom. The lowest BCUT2D eigenvalue weighted by Crippen LogP contribution is -2.36. The maximum atomic E-state index is 13.6. The summed E-state index contributed by atoms with van der Waals surface area (Å²) in [7, 11) is -2.37. The first-order valence-corrected chi connectivity index (χ1v) is 13.0. The molecule has 1 aliphatic carbocycles. The standard InChI is InChI=1S/C23H31N7O4S/c1-15(2)34-19(20-25-11-16(3)12-26-20)17(4)35(31,32)29-22-28-27-21(18-7-6-10-24-13-18)30(22)23(8-9-23)14-33-5/h6-7,10-13,15,17,19H,8-9,14H2,1-5H3,(H,28,29)/t17-,19+/m0/s1. The number of rotatable bonds is 11. The van der Waals surface area contributed by atoms with Crippen LogP contribution in [-0.2, 0) is 25.0 Å². The molecule has 3 aromatic rings. The summed E-state index contributed by atoms with van der Waals surface area (Å²) in [5, 5.41) is 7.52. The third-order valence-electron chi connectivity index (χ3n) is 5.92. The fourth-order valence-electron chi connectivity index (χ4n) is 3.93. The Hall–Kier alpha value is -2.96.